The number of nitrogens with two attached hydrogens (primary N) is 1. The Morgan fingerprint density at radius 2 is 1.90 bits per heavy atom. The highest BCUT2D eigenvalue weighted by Crippen LogP contribution is 2.28. The summed E-state index contributed by atoms with van der Waals surface area (Å²) in [6.07, 6.45) is 0.685. The van der Waals surface area contributed by atoms with Gasteiger partial charge in [-0.25, -0.2) is 8.42 Å². The molecule has 7 nitrogen and oxygen atoms in total. The highest BCUT2D eigenvalue weighted by molar-refractivity contribution is 7.89. The van der Waals surface area contributed by atoms with Crippen molar-refractivity contribution in [3.05, 3.63) is 28.3 Å². The van der Waals surface area contributed by atoms with E-state index in [2.05, 4.69) is 0 Å². The van der Waals surface area contributed by atoms with Crippen molar-refractivity contribution in [3.63, 3.8) is 0 Å². The molecule has 0 amide bonds. The zero-order valence-corrected chi connectivity index (χ0v) is 13.4. The minimum Gasteiger partial charge on any atom is -0.398 e. The Kier molecular flexibility index (Phi) is 5.30. The predicted octanol–water partition coefficient (Wildman–Crippen LogP) is 2.23. The summed E-state index contributed by atoms with van der Waals surface area (Å²) in [4.78, 5) is 9.93. The van der Waals surface area contributed by atoms with Gasteiger partial charge in [-0.15, -0.1) is 0 Å². The molecule has 1 unspecified atom stereocenters. The molecular weight excluding hydrogens is 294 g/mol. The largest absolute Gasteiger partial charge is 0.398 e. The zero-order valence-electron chi connectivity index (χ0n) is 12.6. The van der Waals surface area contributed by atoms with Crippen LogP contribution in [0.4, 0.5) is 11.4 Å². The molecule has 1 rings (SSSR count). The smallest absolute Gasteiger partial charge is 0.270 e. The van der Waals surface area contributed by atoms with Crippen molar-refractivity contribution in [1.82, 2.24) is 4.31 Å². The second-order valence-electron chi connectivity index (χ2n) is 5.48. The number of nitro benzene ring substituents is 1. The number of sulfonamides is 1. The number of hydrogen-bond donors (Lipinski definition) is 1. The van der Waals surface area contributed by atoms with Gasteiger partial charge < -0.3 is 5.73 Å². The van der Waals surface area contributed by atoms with E-state index in [1.54, 1.807) is 6.92 Å². The van der Waals surface area contributed by atoms with Crippen LogP contribution in [-0.2, 0) is 10.0 Å². The Hall–Kier alpha value is -1.67. The van der Waals surface area contributed by atoms with E-state index in [0.717, 1.165) is 6.07 Å². The van der Waals surface area contributed by atoms with Crippen LogP contribution in [0, 0.1) is 16.0 Å². The topological polar surface area (TPSA) is 107 Å². The lowest BCUT2D eigenvalue weighted by Crippen LogP contribution is -2.36. The Morgan fingerprint density at radius 1 is 1.33 bits per heavy atom. The summed E-state index contributed by atoms with van der Waals surface area (Å²) in [5, 5.41) is 10.8. The van der Waals surface area contributed by atoms with Crippen molar-refractivity contribution in [2.45, 2.75) is 38.1 Å². The van der Waals surface area contributed by atoms with Crippen molar-refractivity contribution in [2.24, 2.45) is 5.92 Å². The van der Waals surface area contributed by atoms with Crippen molar-refractivity contribution < 1.29 is 13.3 Å². The van der Waals surface area contributed by atoms with Gasteiger partial charge in [0.2, 0.25) is 10.0 Å². The molecule has 21 heavy (non-hydrogen) atoms. The van der Waals surface area contributed by atoms with E-state index >= 15 is 0 Å². The van der Waals surface area contributed by atoms with Gasteiger partial charge in [-0.05, 0) is 25.3 Å². The van der Waals surface area contributed by atoms with Crippen LogP contribution < -0.4 is 5.73 Å². The van der Waals surface area contributed by atoms with Gasteiger partial charge in [0.1, 0.15) is 4.90 Å². The quantitative estimate of drug-likeness (QED) is 0.492. The van der Waals surface area contributed by atoms with Crippen molar-refractivity contribution in [2.75, 3.05) is 12.8 Å². The van der Waals surface area contributed by atoms with Crippen LogP contribution >= 0.6 is 0 Å². The van der Waals surface area contributed by atoms with Crippen LogP contribution in [0.2, 0.25) is 0 Å². The number of non-ortho nitro benzene ring substituents is 1. The van der Waals surface area contributed by atoms with Gasteiger partial charge in [0, 0.05) is 25.2 Å². The van der Waals surface area contributed by atoms with Crippen molar-refractivity contribution in [3.8, 4) is 0 Å². The highest BCUT2D eigenvalue weighted by Gasteiger charge is 2.29. The predicted molar refractivity (Wildman–Crippen MR) is 81.4 cm³/mol. The normalized spacial score (nSPS) is 13.6. The molecule has 0 aliphatic rings. The van der Waals surface area contributed by atoms with Crippen molar-refractivity contribution >= 4 is 21.4 Å². The van der Waals surface area contributed by atoms with Crippen LogP contribution in [0.5, 0.6) is 0 Å². The molecule has 0 fully saturated rings. The maximum atomic E-state index is 12.6. The fraction of sp³-hybridized carbons (Fsp3) is 0.538. The number of nitro groups is 1. The molecule has 0 aromatic heterocycles. The van der Waals surface area contributed by atoms with E-state index in [-0.39, 0.29) is 22.3 Å². The number of benzene rings is 1. The molecule has 0 spiro atoms. The Bertz CT molecular complexity index is 628. The summed E-state index contributed by atoms with van der Waals surface area (Å²) in [6, 6.07) is 3.20. The second-order valence-corrected chi connectivity index (χ2v) is 7.44. The van der Waals surface area contributed by atoms with Crippen LogP contribution in [0.3, 0.4) is 0 Å². The minimum absolute atomic E-state index is 0.00389. The Balaban J connectivity index is 3.24. The van der Waals surface area contributed by atoms with E-state index in [4.69, 9.17) is 5.73 Å². The number of hydrogen-bond acceptors (Lipinski definition) is 5. The second kappa shape index (κ2) is 6.40. The first-order valence-electron chi connectivity index (χ1n) is 6.59. The molecule has 0 saturated carbocycles. The summed E-state index contributed by atoms with van der Waals surface area (Å²) in [6.45, 7) is 5.79. The molecule has 1 aromatic carbocycles. The fourth-order valence-electron chi connectivity index (χ4n) is 2.08. The molecule has 0 bridgehead atoms. The van der Waals surface area contributed by atoms with Crippen molar-refractivity contribution in [1.29, 1.82) is 0 Å². The van der Waals surface area contributed by atoms with Gasteiger partial charge >= 0.3 is 0 Å². The molecule has 0 aliphatic carbocycles. The van der Waals surface area contributed by atoms with E-state index in [0.29, 0.717) is 12.3 Å². The van der Waals surface area contributed by atoms with Gasteiger partial charge in [-0.1, -0.05) is 13.8 Å². The lowest BCUT2D eigenvalue weighted by Gasteiger charge is -2.26. The standard InChI is InChI=1S/C13H21N3O4S/c1-9(2)7-10(3)15(4)21(19,20)13-8-11(16(17)18)5-6-12(13)14/h5-6,8-10H,7,14H2,1-4H3. The van der Waals surface area contributed by atoms with Gasteiger partial charge in [-0.2, -0.15) is 4.31 Å². The van der Waals surface area contributed by atoms with Gasteiger partial charge in [-0.3, -0.25) is 10.1 Å². The first kappa shape index (κ1) is 17.4. The first-order chi connectivity index (χ1) is 9.57. The minimum atomic E-state index is -3.87. The van der Waals surface area contributed by atoms with E-state index < -0.39 is 14.9 Å². The lowest BCUT2D eigenvalue weighted by atomic mass is 10.1. The van der Waals surface area contributed by atoms with E-state index in [1.807, 2.05) is 13.8 Å². The zero-order chi connectivity index (χ0) is 16.4. The van der Waals surface area contributed by atoms with Crippen LogP contribution in [0.1, 0.15) is 27.2 Å². The molecule has 0 aliphatic heterocycles. The summed E-state index contributed by atoms with van der Waals surface area (Å²) < 4.78 is 26.4. The third-order valence-electron chi connectivity index (χ3n) is 3.30. The number of nitrogen functional groups attached to an aromatic ring is 1. The Labute approximate surface area is 124 Å². The van der Waals surface area contributed by atoms with E-state index in [1.165, 1.54) is 23.5 Å². The maximum Gasteiger partial charge on any atom is 0.270 e. The summed E-state index contributed by atoms with van der Waals surface area (Å²) in [5.41, 5.74) is 5.39. The number of anilines is 1. The van der Waals surface area contributed by atoms with Crippen LogP contribution in [-0.4, -0.2) is 30.7 Å². The molecule has 0 heterocycles. The SMILES string of the molecule is CC(C)CC(C)N(C)S(=O)(=O)c1cc([N+](=O)[O-])ccc1N. The molecule has 1 aromatic rings. The molecule has 8 heteroatoms. The van der Waals surface area contributed by atoms with Gasteiger partial charge in [0.25, 0.3) is 5.69 Å². The molecule has 1 atom stereocenters. The summed E-state index contributed by atoms with van der Waals surface area (Å²) in [7, 11) is -2.41. The van der Waals surface area contributed by atoms with E-state index in [9.17, 15) is 18.5 Å². The number of nitrogens with zero attached hydrogens (tertiary/aromatic N) is 2. The number of rotatable bonds is 6. The molecule has 0 saturated heterocycles. The summed E-state index contributed by atoms with van der Waals surface area (Å²) >= 11 is 0. The lowest BCUT2D eigenvalue weighted by molar-refractivity contribution is -0.385. The monoisotopic (exact) mass is 315 g/mol. The average Bonchev–Trinajstić information content (AvgIpc) is 2.36. The molecule has 118 valence electrons. The average molecular weight is 315 g/mol. The van der Waals surface area contributed by atoms with Crippen LogP contribution in [0.15, 0.2) is 23.1 Å². The van der Waals surface area contributed by atoms with Gasteiger partial charge in [0.05, 0.1) is 10.6 Å². The summed E-state index contributed by atoms with van der Waals surface area (Å²) in [5.74, 6) is 0.333. The maximum absolute atomic E-state index is 12.6. The highest BCUT2D eigenvalue weighted by atomic mass is 32.2. The molecule has 2 N–H and O–H groups in total. The van der Waals surface area contributed by atoms with Gasteiger partial charge in [0.15, 0.2) is 0 Å². The Morgan fingerprint density at radius 3 is 2.38 bits per heavy atom. The van der Waals surface area contributed by atoms with Crippen LogP contribution in [0.25, 0.3) is 0 Å². The third kappa shape index (κ3) is 3.92. The molecular formula is C13H21N3O4S. The third-order valence-corrected chi connectivity index (χ3v) is 5.33. The molecule has 0 radical (unpaired) electrons. The first-order valence-corrected chi connectivity index (χ1v) is 8.03. The fourth-order valence-corrected chi connectivity index (χ4v) is 3.59.